The Hall–Kier alpha value is -0.930. The zero-order valence-corrected chi connectivity index (χ0v) is 7.52. The fraction of sp³-hybridized carbons (Fsp3) is 0.500. The van der Waals surface area contributed by atoms with Gasteiger partial charge in [-0.15, -0.1) is 0 Å². The maximum Gasteiger partial charge on any atom is 0.0513 e. The smallest absolute Gasteiger partial charge is 0.0513 e. The van der Waals surface area contributed by atoms with Crippen LogP contribution in [0.3, 0.4) is 0 Å². The molecule has 0 amide bonds. The normalized spacial score (nSPS) is 24.5. The van der Waals surface area contributed by atoms with Gasteiger partial charge in [0.15, 0.2) is 0 Å². The highest BCUT2D eigenvalue weighted by atomic mass is 16.5. The molecule has 2 atom stereocenters. The predicted octanol–water partition coefficient (Wildman–Crippen LogP) is 1.12. The van der Waals surface area contributed by atoms with Crippen LogP contribution in [0.2, 0.25) is 0 Å². The van der Waals surface area contributed by atoms with E-state index in [1.54, 1.807) is 12.4 Å². The molecule has 2 rings (SSSR count). The minimum absolute atomic E-state index is 0.102. The first-order valence-corrected chi connectivity index (χ1v) is 4.61. The number of nitrogens with two attached hydrogens (primary N) is 1. The molecule has 3 heteroatoms. The number of ether oxygens (including phenoxy) is 1. The average Bonchev–Trinajstić information content (AvgIpc) is 2.71. The molecule has 2 heterocycles. The van der Waals surface area contributed by atoms with E-state index in [-0.39, 0.29) is 6.04 Å². The Labute approximate surface area is 77.9 Å². The summed E-state index contributed by atoms with van der Waals surface area (Å²) in [5.41, 5.74) is 7.25. The van der Waals surface area contributed by atoms with Crippen LogP contribution in [-0.4, -0.2) is 18.2 Å². The molecule has 1 aliphatic rings. The fourth-order valence-corrected chi connectivity index (χ4v) is 1.69. The molecule has 1 fully saturated rings. The van der Waals surface area contributed by atoms with Gasteiger partial charge in [-0.1, -0.05) is 0 Å². The van der Waals surface area contributed by atoms with Crippen molar-refractivity contribution in [1.29, 1.82) is 0 Å². The molecule has 0 radical (unpaired) electrons. The monoisotopic (exact) mass is 178 g/mol. The lowest BCUT2D eigenvalue weighted by molar-refractivity contribution is 0.181. The van der Waals surface area contributed by atoms with Crippen molar-refractivity contribution in [2.75, 3.05) is 13.2 Å². The third-order valence-electron chi connectivity index (χ3n) is 2.56. The Morgan fingerprint density at radius 1 is 1.46 bits per heavy atom. The molecule has 0 bridgehead atoms. The third kappa shape index (κ3) is 1.87. The summed E-state index contributed by atoms with van der Waals surface area (Å²) in [7, 11) is 0. The van der Waals surface area contributed by atoms with E-state index in [0.717, 1.165) is 25.2 Å². The first-order chi connectivity index (χ1) is 6.38. The largest absolute Gasteiger partial charge is 0.381 e. The van der Waals surface area contributed by atoms with Crippen molar-refractivity contribution in [3.05, 3.63) is 30.1 Å². The Bertz CT molecular complexity index is 257. The van der Waals surface area contributed by atoms with Gasteiger partial charge in [-0.3, -0.25) is 4.98 Å². The number of rotatable bonds is 2. The lowest BCUT2D eigenvalue weighted by Gasteiger charge is -2.17. The van der Waals surface area contributed by atoms with Crippen LogP contribution >= 0.6 is 0 Å². The third-order valence-corrected chi connectivity index (χ3v) is 2.56. The highest BCUT2D eigenvalue weighted by molar-refractivity contribution is 5.15. The quantitative estimate of drug-likeness (QED) is 0.738. The molecule has 1 aliphatic heterocycles. The number of nitrogens with zero attached hydrogens (tertiary/aromatic N) is 1. The van der Waals surface area contributed by atoms with Crippen LogP contribution in [0.25, 0.3) is 0 Å². The molecule has 0 aromatic carbocycles. The second-order valence-electron chi connectivity index (χ2n) is 3.43. The highest BCUT2D eigenvalue weighted by Crippen LogP contribution is 2.25. The number of hydrogen-bond donors (Lipinski definition) is 1. The summed E-state index contributed by atoms with van der Waals surface area (Å²) in [4.78, 5) is 3.97. The Balaban J connectivity index is 2.08. The topological polar surface area (TPSA) is 48.1 Å². The summed E-state index contributed by atoms with van der Waals surface area (Å²) in [5.74, 6) is 0.474. The van der Waals surface area contributed by atoms with Crippen molar-refractivity contribution in [3.8, 4) is 0 Å². The lowest BCUT2D eigenvalue weighted by atomic mass is 9.94. The van der Waals surface area contributed by atoms with Gasteiger partial charge in [-0.2, -0.15) is 0 Å². The minimum Gasteiger partial charge on any atom is -0.381 e. The Morgan fingerprint density at radius 2 is 2.23 bits per heavy atom. The van der Waals surface area contributed by atoms with Gasteiger partial charge in [0.1, 0.15) is 0 Å². The van der Waals surface area contributed by atoms with Gasteiger partial charge >= 0.3 is 0 Å². The second-order valence-corrected chi connectivity index (χ2v) is 3.43. The molecular weight excluding hydrogens is 164 g/mol. The molecule has 0 spiro atoms. The molecule has 3 nitrogen and oxygen atoms in total. The summed E-state index contributed by atoms with van der Waals surface area (Å²) < 4.78 is 5.30. The summed E-state index contributed by atoms with van der Waals surface area (Å²) >= 11 is 0. The summed E-state index contributed by atoms with van der Waals surface area (Å²) in [6.07, 6.45) is 4.64. The van der Waals surface area contributed by atoms with Crippen LogP contribution < -0.4 is 5.73 Å². The highest BCUT2D eigenvalue weighted by Gasteiger charge is 2.23. The van der Waals surface area contributed by atoms with Gasteiger partial charge < -0.3 is 10.5 Å². The molecule has 2 N–H and O–H groups in total. The van der Waals surface area contributed by atoms with Gasteiger partial charge in [0.2, 0.25) is 0 Å². The van der Waals surface area contributed by atoms with Crippen molar-refractivity contribution >= 4 is 0 Å². The van der Waals surface area contributed by atoms with E-state index in [0.29, 0.717) is 5.92 Å². The van der Waals surface area contributed by atoms with Gasteiger partial charge in [-0.05, 0) is 24.1 Å². The van der Waals surface area contributed by atoms with Crippen LogP contribution in [0.5, 0.6) is 0 Å². The van der Waals surface area contributed by atoms with Crippen LogP contribution in [0.15, 0.2) is 24.5 Å². The predicted molar refractivity (Wildman–Crippen MR) is 50.1 cm³/mol. The Morgan fingerprint density at radius 3 is 2.85 bits per heavy atom. The van der Waals surface area contributed by atoms with Gasteiger partial charge in [0.05, 0.1) is 6.61 Å². The van der Waals surface area contributed by atoms with Crippen LogP contribution in [0.4, 0.5) is 0 Å². The maximum absolute atomic E-state index is 6.09. The molecule has 0 saturated carbocycles. The van der Waals surface area contributed by atoms with Crippen molar-refractivity contribution in [2.45, 2.75) is 12.5 Å². The lowest BCUT2D eigenvalue weighted by Crippen LogP contribution is -2.21. The molecule has 2 unspecified atom stereocenters. The number of hydrogen-bond acceptors (Lipinski definition) is 3. The standard InChI is InChI=1S/C10H14N2O/c11-10(9-3-6-13-7-9)8-1-4-12-5-2-8/h1-2,4-5,9-10H,3,6-7,11H2. The SMILES string of the molecule is NC(c1ccncc1)C1CCOC1. The van der Waals surface area contributed by atoms with Gasteiger partial charge in [0.25, 0.3) is 0 Å². The summed E-state index contributed by atoms with van der Waals surface area (Å²) in [6, 6.07) is 4.05. The first-order valence-electron chi connectivity index (χ1n) is 4.61. The molecule has 70 valence electrons. The van der Waals surface area contributed by atoms with E-state index in [2.05, 4.69) is 4.98 Å². The van der Waals surface area contributed by atoms with E-state index in [4.69, 9.17) is 10.5 Å². The van der Waals surface area contributed by atoms with Crippen molar-refractivity contribution in [2.24, 2.45) is 11.7 Å². The van der Waals surface area contributed by atoms with E-state index in [1.165, 1.54) is 0 Å². The molecule has 1 aromatic heterocycles. The summed E-state index contributed by atoms with van der Waals surface area (Å²) in [5, 5.41) is 0. The van der Waals surface area contributed by atoms with Crippen molar-refractivity contribution in [3.63, 3.8) is 0 Å². The van der Waals surface area contributed by atoms with E-state index in [1.807, 2.05) is 12.1 Å². The molecule has 1 saturated heterocycles. The van der Waals surface area contributed by atoms with Gasteiger partial charge in [-0.25, -0.2) is 0 Å². The zero-order chi connectivity index (χ0) is 9.10. The van der Waals surface area contributed by atoms with E-state index in [9.17, 15) is 0 Å². The van der Waals surface area contributed by atoms with E-state index < -0.39 is 0 Å². The number of pyridine rings is 1. The van der Waals surface area contributed by atoms with Crippen LogP contribution in [0.1, 0.15) is 18.0 Å². The van der Waals surface area contributed by atoms with Crippen LogP contribution in [0, 0.1) is 5.92 Å². The molecule has 0 aliphatic carbocycles. The number of aromatic nitrogens is 1. The fourth-order valence-electron chi connectivity index (χ4n) is 1.69. The average molecular weight is 178 g/mol. The van der Waals surface area contributed by atoms with Gasteiger partial charge in [0, 0.05) is 31.0 Å². The van der Waals surface area contributed by atoms with Crippen molar-refractivity contribution in [1.82, 2.24) is 4.98 Å². The van der Waals surface area contributed by atoms with Crippen LogP contribution in [-0.2, 0) is 4.74 Å². The molecule has 1 aromatic rings. The summed E-state index contributed by atoms with van der Waals surface area (Å²) in [6.45, 7) is 1.65. The van der Waals surface area contributed by atoms with E-state index >= 15 is 0 Å². The van der Waals surface area contributed by atoms with Crippen molar-refractivity contribution < 1.29 is 4.74 Å². The second kappa shape index (κ2) is 3.85. The Kier molecular flexibility index (Phi) is 2.57. The molecule has 13 heavy (non-hydrogen) atoms. The first kappa shape index (κ1) is 8.66. The molecular formula is C10H14N2O. The minimum atomic E-state index is 0.102. The maximum atomic E-state index is 6.09. The zero-order valence-electron chi connectivity index (χ0n) is 7.52.